The maximum absolute atomic E-state index is 7.50. The van der Waals surface area contributed by atoms with Crippen LogP contribution in [0.5, 0.6) is 0 Å². The monoisotopic (exact) mass is 946 g/mol. The van der Waals surface area contributed by atoms with Gasteiger partial charge in [0, 0.05) is 0 Å². The molecular weight excluding hydrogens is 945 g/mol. The zero-order valence-electron chi connectivity index (χ0n) is 26.1. The molecule has 0 rings (SSSR count). The molecule has 0 aliphatic heterocycles. The molecule has 54 radical (unpaired) electrons. The Kier molecular flexibility index (Phi) is 25500. The second-order valence-corrected chi connectivity index (χ2v) is 3.27. The Bertz CT molecular complexity index is 233. The van der Waals surface area contributed by atoms with E-state index in [0.29, 0.717) is 0 Å². The van der Waals surface area contributed by atoms with Crippen molar-refractivity contribution in [2.45, 2.75) is 2.72 Å². The Morgan fingerprint density at radius 3 is 0.121 bits per heavy atom. The van der Waals surface area contributed by atoms with Gasteiger partial charge in [0.2, 0.25) is 0 Å². The fourth-order valence-corrected chi connectivity index (χ4v) is 0. The molecule has 27 nitrogen and oxygen atoms in total. The molecule has 0 bridgehead atoms. The molecule has 0 aliphatic carbocycles. The van der Waals surface area contributed by atoms with Crippen molar-refractivity contribution in [3.8, 4) is 0 Å². The Labute approximate surface area is 361 Å². The molecule has 0 heterocycles. The minimum atomic E-state index is -0.104. The first kappa shape index (κ1) is 244. The fraction of sp³-hybridized carbons (Fsp3) is 0.0357. The molecule has 0 aromatic rings. The molecule has 0 atom stereocenters. The van der Waals surface area contributed by atoms with Crippen LogP contribution >= 0.6 is 0 Å². The molecule has 58 heavy (non-hydrogen) atoms. The normalized spacial score (nSPS) is 2.53. The second kappa shape index (κ2) is 6080. The van der Waals surface area contributed by atoms with E-state index in [0.717, 1.165) is 0 Å². The minimum absolute atomic E-state index is 0.104. The number of hydrogen-bond donors (Lipinski definition) is 0. The van der Waals surface area contributed by atoms with Crippen LogP contribution in [0.3, 0.4) is 0 Å². The third-order valence-corrected chi connectivity index (χ3v) is 0. The molecule has 0 fully saturated rings. The molecule has 302 valence electrons. The Morgan fingerprint density at radius 1 is 0.121 bits per heavy atom. The zero-order chi connectivity index (χ0) is 57.6. The number of hydrogen-bond acceptors (Lipinski definition) is 27. The SMILES string of the molecule is [C]=O.[C]=O.[C]=O.[C]=O.[C]=O.[C]=O.[C]=O.[C]=O.[C]=O.[C]=O.[C]=O.[C]=O.[C]=O.[C]=O.[C]=O.[C]=O.[C]=O.[C]=O.[C]=O.[C]=O.[C]=O.[C]=O.[C]=O.[C]=O.[C]=O.[C]=O.[C]=O.[Co][CH]([Co])[Co]. The van der Waals surface area contributed by atoms with Gasteiger partial charge in [-0.15, -0.1) is 0 Å². The summed E-state index contributed by atoms with van der Waals surface area (Å²) in [6.45, 7) is 122. The van der Waals surface area contributed by atoms with Gasteiger partial charge >= 0.3 is 49.9 Å². The van der Waals surface area contributed by atoms with Gasteiger partial charge in [-0.2, -0.15) is 0 Å². The quantitative estimate of drug-likeness (QED) is 0.218. The van der Waals surface area contributed by atoms with Gasteiger partial charge in [-0.3, -0.25) is 129 Å². The summed E-state index contributed by atoms with van der Waals surface area (Å²) in [5.41, 5.74) is 0. The number of carbonyl (C=O) groups excluding carboxylic acids is 27. The van der Waals surface area contributed by atoms with Crippen LogP contribution in [0.25, 0.3) is 0 Å². The van der Waals surface area contributed by atoms with Gasteiger partial charge in [0.1, 0.15) is 0 Å². The first-order valence-electron chi connectivity index (χ1n) is 6.09. The average molecular weight is 946 g/mol. The van der Waals surface area contributed by atoms with Crippen molar-refractivity contribution in [2.24, 2.45) is 0 Å². The van der Waals surface area contributed by atoms with Crippen molar-refractivity contribution in [3.05, 3.63) is 0 Å². The van der Waals surface area contributed by atoms with Crippen LogP contribution < -0.4 is 0 Å². The van der Waals surface area contributed by atoms with Gasteiger partial charge in [-0.1, -0.05) is 0 Å². The van der Waals surface area contributed by atoms with E-state index < -0.39 is 0 Å². The van der Waals surface area contributed by atoms with Crippen LogP contribution in [0.2, 0.25) is 2.72 Å². The van der Waals surface area contributed by atoms with Crippen molar-refractivity contribution >= 4 is 183 Å². The fourth-order valence-electron chi connectivity index (χ4n) is 0. The van der Waals surface area contributed by atoms with E-state index in [1.807, 2.05) is 0 Å². The van der Waals surface area contributed by atoms with Gasteiger partial charge in [0.25, 0.3) is 183 Å². The molecule has 0 saturated carbocycles. The first-order chi connectivity index (χ1) is 28.7. The summed E-state index contributed by atoms with van der Waals surface area (Å²) in [6.07, 6.45) is 0. The first-order valence-corrected chi connectivity index (χ1v) is 7.89. The molecule has 0 N–H and O–H groups in total. The van der Waals surface area contributed by atoms with E-state index in [9.17, 15) is 0 Å². The van der Waals surface area contributed by atoms with E-state index in [-0.39, 0.29) is 2.72 Å². The van der Waals surface area contributed by atoms with Gasteiger partial charge in [0.05, 0.1) is 0 Å². The Balaban J connectivity index is -0.00000000620. The summed E-state index contributed by atoms with van der Waals surface area (Å²) in [5, 5.41) is 0. The molecule has 0 saturated heterocycles. The van der Waals surface area contributed by atoms with Crippen LogP contribution in [0.15, 0.2) is 0 Å². The topological polar surface area (TPSA) is 461 Å². The predicted molar refractivity (Wildman–Crippen MR) is 157 cm³/mol. The van der Waals surface area contributed by atoms with E-state index in [2.05, 4.69) is 231 Å². The molecule has 0 aromatic carbocycles. The third kappa shape index (κ3) is 2020. The summed E-state index contributed by atoms with van der Waals surface area (Å²) < 4.78 is -0.104. The summed E-state index contributed by atoms with van der Waals surface area (Å²) >= 11 is 11.2. The van der Waals surface area contributed by atoms with Gasteiger partial charge in [-0.25, -0.2) is 0 Å². The van der Waals surface area contributed by atoms with Gasteiger partial charge in [-0.05, 0) is 0 Å². The van der Waals surface area contributed by atoms with Crippen LogP contribution in [-0.4, -0.2) is 183 Å². The van der Waals surface area contributed by atoms with Gasteiger partial charge in [0.15, 0.2) is 0 Å². The van der Waals surface area contributed by atoms with E-state index in [1.54, 1.807) is 0 Å². The Morgan fingerprint density at radius 2 is 0.121 bits per heavy atom. The standard InChI is InChI=1S/27CO.CH.3Co/c27*1-2;;;;/h;;;;;;;;;;;;;;;;;;;;;;;;;;;1H;;;. The molecule has 0 aliphatic rings. The van der Waals surface area contributed by atoms with Crippen molar-refractivity contribution in [3.63, 3.8) is 0 Å². The summed E-state index contributed by atoms with van der Waals surface area (Å²) in [6, 6.07) is 0. The Hall–Kier alpha value is -7.39. The van der Waals surface area contributed by atoms with E-state index in [4.69, 9.17) is 129 Å². The molecule has 0 aromatic heterocycles. The zero-order valence-corrected chi connectivity index (χ0v) is 29.2. The van der Waals surface area contributed by atoms with E-state index in [1.165, 1.54) is 0 Å². The van der Waals surface area contributed by atoms with Crippen LogP contribution in [0, 0.1) is 0 Å². The average Bonchev–Trinajstić information content (AvgIpc) is 3.44. The predicted octanol–water partition coefficient (Wildman–Crippen LogP) is -10.4. The molecular formula is C28HCo3O27. The third-order valence-electron chi connectivity index (χ3n) is 0. The number of rotatable bonds is 0. The maximum atomic E-state index is 7.50. The molecule has 0 amide bonds. The molecule has 0 spiro atoms. The summed E-state index contributed by atoms with van der Waals surface area (Å²) in [7, 11) is 0. The van der Waals surface area contributed by atoms with Gasteiger partial charge < -0.3 is 0 Å². The van der Waals surface area contributed by atoms with Crippen molar-refractivity contribution < 1.29 is 177 Å². The van der Waals surface area contributed by atoms with Crippen LogP contribution in [0.4, 0.5) is 0 Å². The van der Waals surface area contributed by atoms with Crippen molar-refractivity contribution in [1.82, 2.24) is 0 Å². The van der Waals surface area contributed by atoms with Crippen molar-refractivity contribution in [1.29, 1.82) is 0 Å². The molecule has 0 unspecified atom stereocenters. The van der Waals surface area contributed by atoms with E-state index >= 15 is 0 Å². The van der Waals surface area contributed by atoms with Crippen molar-refractivity contribution in [2.75, 3.05) is 0 Å². The second-order valence-electron chi connectivity index (χ2n) is 0.192. The molecule has 30 heteroatoms. The van der Waals surface area contributed by atoms with Crippen LogP contribution in [0.1, 0.15) is 0 Å². The summed E-state index contributed by atoms with van der Waals surface area (Å²) in [5.74, 6) is 0. The summed E-state index contributed by atoms with van der Waals surface area (Å²) in [4.78, 5) is 202. The van der Waals surface area contributed by atoms with Crippen LogP contribution in [-0.2, 0) is 177 Å².